The first kappa shape index (κ1) is 19.8. The van der Waals surface area contributed by atoms with E-state index in [1.165, 1.54) is 10.5 Å². The molecule has 0 aromatic heterocycles. The Morgan fingerprint density at radius 1 is 1.00 bits per heavy atom. The van der Waals surface area contributed by atoms with Crippen LogP contribution in [0.1, 0.15) is 37.7 Å². The summed E-state index contributed by atoms with van der Waals surface area (Å²) in [5, 5.41) is 0. The number of hydrogen-bond donors (Lipinski definition) is 0. The van der Waals surface area contributed by atoms with E-state index in [0.717, 1.165) is 45.3 Å². The van der Waals surface area contributed by atoms with Gasteiger partial charge in [0, 0.05) is 39.1 Å². The van der Waals surface area contributed by atoms with Gasteiger partial charge in [0.05, 0.1) is 5.41 Å². The summed E-state index contributed by atoms with van der Waals surface area (Å²) >= 11 is 0. The summed E-state index contributed by atoms with van der Waals surface area (Å²) in [4.78, 5) is 43.2. The molecule has 1 spiro atoms. The second kappa shape index (κ2) is 8.49. The number of benzene rings is 1. The van der Waals surface area contributed by atoms with Crippen LogP contribution in [0, 0.1) is 5.41 Å². The SMILES string of the molecule is O=C(CN1C(=O)CC2(CCCC2)C1=O)N1CCN(C/C=C/c2ccccc2)CC1. The van der Waals surface area contributed by atoms with E-state index in [0.29, 0.717) is 19.5 Å². The molecule has 0 atom stereocenters. The Kier molecular flexibility index (Phi) is 5.81. The third-order valence-corrected chi connectivity index (χ3v) is 6.54. The number of rotatable bonds is 5. The zero-order valence-electron chi connectivity index (χ0n) is 16.9. The van der Waals surface area contributed by atoms with Crippen molar-refractivity contribution >= 4 is 23.8 Å². The molecule has 2 saturated heterocycles. The Labute approximate surface area is 172 Å². The summed E-state index contributed by atoms with van der Waals surface area (Å²) in [6.45, 7) is 3.64. The molecule has 6 nitrogen and oxygen atoms in total. The van der Waals surface area contributed by atoms with E-state index in [1.807, 2.05) is 18.2 Å². The van der Waals surface area contributed by atoms with Gasteiger partial charge in [-0.15, -0.1) is 0 Å². The Hall–Kier alpha value is -2.47. The van der Waals surface area contributed by atoms with Crippen molar-refractivity contribution in [1.82, 2.24) is 14.7 Å². The number of hydrogen-bond acceptors (Lipinski definition) is 4. The number of nitrogens with zero attached hydrogens (tertiary/aromatic N) is 3. The highest BCUT2D eigenvalue weighted by atomic mass is 16.2. The smallest absolute Gasteiger partial charge is 0.242 e. The molecule has 0 radical (unpaired) electrons. The Morgan fingerprint density at radius 3 is 2.38 bits per heavy atom. The lowest BCUT2D eigenvalue weighted by Crippen LogP contribution is -2.52. The van der Waals surface area contributed by atoms with E-state index in [2.05, 4.69) is 29.2 Å². The number of imide groups is 1. The van der Waals surface area contributed by atoms with Crippen molar-refractivity contribution in [3.63, 3.8) is 0 Å². The zero-order chi connectivity index (χ0) is 20.3. The largest absolute Gasteiger partial charge is 0.339 e. The molecule has 6 heteroatoms. The molecule has 1 aromatic rings. The maximum Gasteiger partial charge on any atom is 0.242 e. The molecule has 1 aliphatic carbocycles. The average molecular weight is 396 g/mol. The maximum absolute atomic E-state index is 12.8. The van der Waals surface area contributed by atoms with Crippen LogP contribution in [-0.2, 0) is 14.4 Å². The lowest BCUT2D eigenvalue weighted by molar-refractivity contribution is -0.148. The van der Waals surface area contributed by atoms with Crippen LogP contribution in [0.2, 0.25) is 0 Å². The summed E-state index contributed by atoms with van der Waals surface area (Å²) in [7, 11) is 0. The molecule has 0 N–H and O–H groups in total. The van der Waals surface area contributed by atoms with Crippen molar-refractivity contribution in [3.05, 3.63) is 42.0 Å². The van der Waals surface area contributed by atoms with Crippen molar-refractivity contribution in [2.75, 3.05) is 39.3 Å². The molecule has 4 rings (SSSR count). The lowest BCUT2D eigenvalue weighted by atomic mass is 9.84. The van der Waals surface area contributed by atoms with Crippen LogP contribution < -0.4 is 0 Å². The van der Waals surface area contributed by atoms with Gasteiger partial charge < -0.3 is 4.90 Å². The first-order chi connectivity index (χ1) is 14.1. The van der Waals surface area contributed by atoms with Gasteiger partial charge in [-0.3, -0.25) is 24.2 Å². The lowest BCUT2D eigenvalue weighted by Gasteiger charge is -2.35. The molecule has 2 heterocycles. The van der Waals surface area contributed by atoms with Crippen molar-refractivity contribution < 1.29 is 14.4 Å². The maximum atomic E-state index is 12.8. The van der Waals surface area contributed by atoms with Gasteiger partial charge in [0.15, 0.2) is 0 Å². The average Bonchev–Trinajstić information content (AvgIpc) is 3.30. The molecule has 1 saturated carbocycles. The summed E-state index contributed by atoms with van der Waals surface area (Å²) in [6.07, 6.45) is 8.13. The molecule has 0 unspecified atom stereocenters. The fourth-order valence-electron chi connectivity index (χ4n) is 4.78. The second-order valence-corrected chi connectivity index (χ2v) is 8.44. The highest BCUT2D eigenvalue weighted by molar-refractivity contribution is 6.08. The first-order valence-electron chi connectivity index (χ1n) is 10.6. The van der Waals surface area contributed by atoms with Gasteiger partial charge in [0.25, 0.3) is 0 Å². The van der Waals surface area contributed by atoms with E-state index < -0.39 is 5.41 Å². The molecular formula is C23H29N3O3. The monoisotopic (exact) mass is 395 g/mol. The van der Waals surface area contributed by atoms with Gasteiger partial charge in [-0.05, 0) is 18.4 Å². The quantitative estimate of drug-likeness (QED) is 0.717. The normalized spacial score (nSPS) is 22.3. The van der Waals surface area contributed by atoms with E-state index in [1.54, 1.807) is 4.90 Å². The highest BCUT2D eigenvalue weighted by Gasteiger charge is 2.53. The van der Waals surface area contributed by atoms with Gasteiger partial charge in [0.1, 0.15) is 6.54 Å². The van der Waals surface area contributed by atoms with Crippen LogP contribution in [-0.4, -0.2) is 71.7 Å². The number of piperazine rings is 1. The second-order valence-electron chi connectivity index (χ2n) is 8.44. The number of likely N-dealkylation sites (tertiary alicyclic amines) is 1. The first-order valence-corrected chi connectivity index (χ1v) is 10.6. The zero-order valence-corrected chi connectivity index (χ0v) is 16.9. The third kappa shape index (κ3) is 4.27. The minimum Gasteiger partial charge on any atom is -0.339 e. The predicted molar refractivity (Wildman–Crippen MR) is 111 cm³/mol. The summed E-state index contributed by atoms with van der Waals surface area (Å²) in [6, 6.07) is 10.2. The molecule has 0 bridgehead atoms. The molecule has 3 amide bonds. The minimum absolute atomic E-state index is 0.0900. The van der Waals surface area contributed by atoms with Crippen LogP contribution in [0.5, 0.6) is 0 Å². The van der Waals surface area contributed by atoms with Crippen molar-refractivity contribution in [2.45, 2.75) is 32.1 Å². The van der Waals surface area contributed by atoms with Crippen molar-refractivity contribution in [2.24, 2.45) is 5.41 Å². The number of amides is 3. The fraction of sp³-hybridized carbons (Fsp3) is 0.522. The van der Waals surface area contributed by atoms with Crippen LogP contribution >= 0.6 is 0 Å². The highest BCUT2D eigenvalue weighted by Crippen LogP contribution is 2.46. The number of carbonyl (C=O) groups excluding carboxylic acids is 3. The topological polar surface area (TPSA) is 60.9 Å². The van der Waals surface area contributed by atoms with E-state index >= 15 is 0 Å². The number of carbonyl (C=O) groups is 3. The predicted octanol–water partition coefficient (Wildman–Crippen LogP) is 2.16. The van der Waals surface area contributed by atoms with Crippen LogP contribution in [0.4, 0.5) is 0 Å². The molecular weight excluding hydrogens is 366 g/mol. The molecule has 2 aliphatic heterocycles. The molecule has 29 heavy (non-hydrogen) atoms. The van der Waals surface area contributed by atoms with Gasteiger partial charge in [-0.1, -0.05) is 55.3 Å². The summed E-state index contributed by atoms with van der Waals surface area (Å²) < 4.78 is 0. The Bertz CT molecular complexity index is 791. The molecule has 3 aliphatic rings. The van der Waals surface area contributed by atoms with Crippen molar-refractivity contribution in [1.29, 1.82) is 0 Å². The van der Waals surface area contributed by atoms with Gasteiger partial charge in [0.2, 0.25) is 17.7 Å². The standard InChI is InChI=1S/C23H29N3O3/c27-20-17-23(10-4-5-11-23)22(29)26(20)18-21(28)25-15-13-24(14-16-25)12-6-9-19-7-2-1-3-8-19/h1-3,6-9H,4-5,10-18H2/b9-6+. The molecule has 3 fully saturated rings. The summed E-state index contributed by atoms with van der Waals surface area (Å²) in [5.74, 6) is -0.394. The van der Waals surface area contributed by atoms with Crippen LogP contribution in [0.3, 0.4) is 0 Å². The van der Waals surface area contributed by atoms with E-state index in [-0.39, 0.29) is 24.3 Å². The van der Waals surface area contributed by atoms with E-state index in [4.69, 9.17) is 0 Å². The molecule has 154 valence electrons. The van der Waals surface area contributed by atoms with E-state index in [9.17, 15) is 14.4 Å². The van der Waals surface area contributed by atoms with Crippen LogP contribution in [0.15, 0.2) is 36.4 Å². The van der Waals surface area contributed by atoms with Gasteiger partial charge in [-0.2, -0.15) is 0 Å². The Balaban J connectivity index is 1.24. The minimum atomic E-state index is -0.499. The van der Waals surface area contributed by atoms with Gasteiger partial charge >= 0.3 is 0 Å². The van der Waals surface area contributed by atoms with Crippen LogP contribution in [0.25, 0.3) is 6.08 Å². The Morgan fingerprint density at radius 2 is 1.69 bits per heavy atom. The third-order valence-electron chi connectivity index (χ3n) is 6.54. The summed E-state index contributed by atoms with van der Waals surface area (Å²) in [5.41, 5.74) is 0.683. The fourth-order valence-corrected chi connectivity index (χ4v) is 4.78. The van der Waals surface area contributed by atoms with Crippen molar-refractivity contribution in [3.8, 4) is 0 Å². The molecule has 1 aromatic carbocycles. The van der Waals surface area contributed by atoms with Gasteiger partial charge in [-0.25, -0.2) is 0 Å².